The standard InChI is InChI=1S/C10H11F3S/c1-3-7-4-5-8(10(11,12)13)9(6-7)14-2/h4-6H,3H2,1-2H3. The van der Waals surface area contributed by atoms with Crippen LogP contribution in [0.4, 0.5) is 13.2 Å². The number of rotatable bonds is 2. The van der Waals surface area contributed by atoms with Crippen molar-refractivity contribution in [2.75, 3.05) is 6.26 Å². The van der Waals surface area contributed by atoms with Crippen molar-refractivity contribution in [2.45, 2.75) is 24.4 Å². The summed E-state index contributed by atoms with van der Waals surface area (Å²) in [5.74, 6) is 0. The molecule has 0 bridgehead atoms. The summed E-state index contributed by atoms with van der Waals surface area (Å²) < 4.78 is 37.4. The molecule has 0 unspecified atom stereocenters. The zero-order valence-corrected chi connectivity index (χ0v) is 8.80. The molecule has 0 saturated heterocycles. The largest absolute Gasteiger partial charge is 0.417 e. The van der Waals surface area contributed by atoms with Crippen LogP contribution in [0.15, 0.2) is 23.1 Å². The maximum atomic E-state index is 12.5. The first-order chi connectivity index (χ1) is 6.49. The van der Waals surface area contributed by atoms with E-state index in [0.29, 0.717) is 4.90 Å². The summed E-state index contributed by atoms with van der Waals surface area (Å²) in [4.78, 5) is 0.303. The summed E-state index contributed by atoms with van der Waals surface area (Å²) in [5.41, 5.74) is 0.393. The summed E-state index contributed by atoms with van der Waals surface area (Å²) >= 11 is 1.13. The van der Waals surface area contributed by atoms with Gasteiger partial charge in [0.15, 0.2) is 0 Å². The van der Waals surface area contributed by atoms with Crippen LogP contribution in [0, 0.1) is 0 Å². The minimum Gasteiger partial charge on any atom is -0.166 e. The molecule has 0 fully saturated rings. The van der Waals surface area contributed by atoms with Crippen molar-refractivity contribution in [2.24, 2.45) is 0 Å². The molecule has 0 saturated carbocycles. The lowest BCUT2D eigenvalue weighted by molar-refractivity contribution is -0.139. The van der Waals surface area contributed by atoms with Gasteiger partial charge < -0.3 is 0 Å². The van der Waals surface area contributed by atoms with E-state index in [9.17, 15) is 13.2 Å². The van der Waals surface area contributed by atoms with Crippen LogP contribution in [0.25, 0.3) is 0 Å². The van der Waals surface area contributed by atoms with E-state index in [2.05, 4.69) is 0 Å². The summed E-state index contributed by atoms with van der Waals surface area (Å²) in [5, 5.41) is 0. The molecular formula is C10H11F3S. The molecule has 0 heterocycles. The molecule has 4 heteroatoms. The molecule has 14 heavy (non-hydrogen) atoms. The minimum absolute atomic E-state index is 0.303. The van der Waals surface area contributed by atoms with Crippen LogP contribution in [0.3, 0.4) is 0 Å². The lowest BCUT2D eigenvalue weighted by Gasteiger charge is -2.12. The Labute approximate surface area is 85.5 Å². The molecule has 1 aromatic carbocycles. The highest BCUT2D eigenvalue weighted by atomic mass is 32.2. The van der Waals surface area contributed by atoms with Crippen LogP contribution in [0.1, 0.15) is 18.1 Å². The predicted molar refractivity (Wildman–Crippen MR) is 52.6 cm³/mol. The fourth-order valence-electron chi connectivity index (χ4n) is 1.19. The van der Waals surface area contributed by atoms with Crippen LogP contribution in [-0.4, -0.2) is 6.26 Å². The Morgan fingerprint density at radius 3 is 2.36 bits per heavy atom. The molecule has 0 N–H and O–H groups in total. The van der Waals surface area contributed by atoms with E-state index in [1.165, 1.54) is 6.07 Å². The maximum Gasteiger partial charge on any atom is 0.417 e. The molecule has 0 amide bonds. The first kappa shape index (κ1) is 11.4. The third kappa shape index (κ3) is 2.44. The Hall–Kier alpha value is -0.640. The molecule has 1 aromatic rings. The number of benzene rings is 1. The third-order valence-electron chi connectivity index (χ3n) is 1.98. The zero-order chi connectivity index (χ0) is 10.8. The first-order valence-electron chi connectivity index (χ1n) is 4.23. The van der Waals surface area contributed by atoms with Crippen molar-refractivity contribution >= 4 is 11.8 Å². The number of halogens is 3. The molecule has 0 nitrogen and oxygen atoms in total. The van der Waals surface area contributed by atoms with Crippen molar-refractivity contribution < 1.29 is 13.2 Å². The molecule has 0 atom stereocenters. The van der Waals surface area contributed by atoms with Crippen LogP contribution in [0.5, 0.6) is 0 Å². The van der Waals surface area contributed by atoms with Gasteiger partial charge in [0, 0.05) is 4.90 Å². The van der Waals surface area contributed by atoms with Gasteiger partial charge in [0.05, 0.1) is 5.56 Å². The van der Waals surface area contributed by atoms with Crippen LogP contribution in [-0.2, 0) is 12.6 Å². The fourth-order valence-corrected chi connectivity index (χ4v) is 1.86. The van der Waals surface area contributed by atoms with Gasteiger partial charge in [-0.05, 0) is 30.4 Å². The van der Waals surface area contributed by atoms with E-state index in [4.69, 9.17) is 0 Å². The summed E-state index contributed by atoms with van der Waals surface area (Å²) in [6.07, 6.45) is -1.83. The van der Waals surface area contributed by atoms with E-state index < -0.39 is 11.7 Å². The predicted octanol–water partition coefficient (Wildman–Crippen LogP) is 3.99. The maximum absolute atomic E-state index is 12.5. The van der Waals surface area contributed by atoms with E-state index in [1.807, 2.05) is 6.92 Å². The van der Waals surface area contributed by atoms with E-state index in [-0.39, 0.29) is 0 Å². The van der Waals surface area contributed by atoms with Crippen LogP contribution < -0.4 is 0 Å². The highest BCUT2D eigenvalue weighted by Gasteiger charge is 2.33. The van der Waals surface area contributed by atoms with Crippen LogP contribution >= 0.6 is 11.8 Å². The van der Waals surface area contributed by atoms with Gasteiger partial charge in [-0.3, -0.25) is 0 Å². The molecule has 1 rings (SSSR count). The topological polar surface area (TPSA) is 0 Å². The Morgan fingerprint density at radius 1 is 1.29 bits per heavy atom. The number of alkyl halides is 3. The van der Waals surface area contributed by atoms with Gasteiger partial charge in [0.1, 0.15) is 0 Å². The molecule has 0 spiro atoms. The Kier molecular flexibility index (Phi) is 3.48. The van der Waals surface area contributed by atoms with Gasteiger partial charge in [-0.15, -0.1) is 11.8 Å². The number of hydrogen-bond donors (Lipinski definition) is 0. The summed E-state index contributed by atoms with van der Waals surface area (Å²) in [7, 11) is 0. The van der Waals surface area contributed by atoms with Gasteiger partial charge in [0.25, 0.3) is 0 Å². The smallest absolute Gasteiger partial charge is 0.166 e. The van der Waals surface area contributed by atoms with Gasteiger partial charge in [-0.1, -0.05) is 13.0 Å². The van der Waals surface area contributed by atoms with Crippen molar-refractivity contribution in [3.63, 3.8) is 0 Å². The van der Waals surface area contributed by atoms with Crippen molar-refractivity contribution in [1.82, 2.24) is 0 Å². The van der Waals surface area contributed by atoms with E-state index >= 15 is 0 Å². The van der Waals surface area contributed by atoms with Crippen molar-refractivity contribution in [3.8, 4) is 0 Å². The van der Waals surface area contributed by atoms with Crippen molar-refractivity contribution in [1.29, 1.82) is 0 Å². The monoisotopic (exact) mass is 220 g/mol. The second-order valence-electron chi connectivity index (χ2n) is 2.89. The Morgan fingerprint density at radius 2 is 1.93 bits per heavy atom. The van der Waals surface area contributed by atoms with Gasteiger partial charge in [-0.25, -0.2) is 0 Å². The Balaban J connectivity index is 3.18. The lowest BCUT2D eigenvalue weighted by Crippen LogP contribution is -2.06. The van der Waals surface area contributed by atoms with Gasteiger partial charge in [-0.2, -0.15) is 13.2 Å². The second-order valence-corrected chi connectivity index (χ2v) is 3.73. The summed E-state index contributed by atoms with van der Waals surface area (Å²) in [6, 6.07) is 4.29. The Bertz CT molecular complexity index is 318. The molecule has 0 radical (unpaired) electrons. The average Bonchev–Trinajstić information content (AvgIpc) is 2.15. The molecule has 0 aliphatic heterocycles. The van der Waals surface area contributed by atoms with Crippen LogP contribution in [0.2, 0.25) is 0 Å². The summed E-state index contributed by atoms with van der Waals surface area (Å²) in [6.45, 7) is 1.92. The third-order valence-corrected chi connectivity index (χ3v) is 2.76. The number of aryl methyl sites for hydroxylation is 1. The molecule has 0 aliphatic rings. The minimum atomic E-state index is -4.25. The normalized spacial score (nSPS) is 11.8. The van der Waals surface area contributed by atoms with Crippen molar-refractivity contribution in [3.05, 3.63) is 29.3 Å². The molecule has 0 aromatic heterocycles. The average molecular weight is 220 g/mol. The highest BCUT2D eigenvalue weighted by Crippen LogP contribution is 2.36. The second kappa shape index (κ2) is 4.26. The lowest BCUT2D eigenvalue weighted by atomic mass is 10.1. The molecule has 78 valence electrons. The van der Waals surface area contributed by atoms with E-state index in [0.717, 1.165) is 29.8 Å². The fraction of sp³-hybridized carbons (Fsp3) is 0.400. The number of hydrogen-bond acceptors (Lipinski definition) is 1. The SMILES string of the molecule is CCc1ccc(C(F)(F)F)c(SC)c1. The molecular weight excluding hydrogens is 209 g/mol. The molecule has 0 aliphatic carbocycles. The van der Waals surface area contributed by atoms with E-state index in [1.54, 1.807) is 12.3 Å². The number of thioether (sulfide) groups is 1. The first-order valence-corrected chi connectivity index (χ1v) is 5.45. The zero-order valence-electron chi connectivity index (χ0n) is 7.98. The highest BCUT2D eigenvalue weighted by molar-refractivity contribution is 7.98. The van der Waals surface area contributed by atoms with Gasteiger partial charge >= 0.3 is 6.18 Å². The quantitative estimate of drug-likeness (QED) is 0.679. The van der Waals surface area contributed by atoms with Gasteiger partial charge in [0.2, 0.25) is 0 Å².